The number of nitrogens with one attached hydrogen (secondary N) is 1. The lowest BCUT2D eigenvalue weighted by atomic mass is 10.3. The fraction of sp³-hybridized carbons (Fsp3) is 0.455. The first-order valence-corrected chi connectivity index (χ1v) is 5.93. The van der Waals surface area contributed by atoms with E-state index in [4.69, 9.17) is 4.74 Å². The number of halogens is 1. The molecular weight excluding hydrogens is 272 g/mol. The van der Waals surface area contributed by atoms with Crippen molar-refractivity contribution in [3.63, 3.8) is 0 Å². The van der Waals surface area contributed by atoms with Crippen LogP contribution in [-0.4, -0.2) is 24.1 Å². The summed E-state index contributed by atoms with van der Waals surface area (Å²) in [5.74, 6) is -0.152. The van der Waals surface area contributed by atoms with Crippen molar-refractivity contribution < 1.29 is 9.53 Å². The zero-order chi connectivity index (χ0) is 12.0. The number of ether oxygens (including phenoxy) is 1. The standard InChI is InChI=1S/C11H15BrN2O2/c1-3-6-16-7-11(15)14-9-4-5-10(12)13-8(9)2/h4-5H,3,6-7H2,1-2H3,(H,14,15). The smallest absolute Gasteiger partial charge is 0.250 e. The van der Waals surface area contributed by atoms with Crippen molar-refractivity contribution in [2.45, 2.75) is 20.3 Å². The van der Waals surface area contributed by atoms with E-state index in [2.05, 4.69) is 26.2 Å². The second-order valence-electron chi connectivity index (χ2n) is 3.37. The van der Waals surface area contributed by atoms with Gasteiger partial charge in [-0.3, -0.25) is 4.79 Å². The molecule has 1 aromatic rings. The lowest BCUT2D eigenvalue weighted by molar-refractivity contribution is -0.120. The molecular formula is C11H15BrN2O2. The molecule has 0 spiro atoms. The molecule has 1 amide bonds. The molecule has 0 radical (unpaired) electrons. The summed E-state index contributed by atoms with van der Waals surface area (Å²) in [5.41, 5.74) is 1.49. The van der Waals surface area contributed by atoms with Crippen LogP contribution < -0.4 is 5.32 Å². The first-order valence-electron chi connectivity index (χ1n) is 5.14. The number of anilines is 1. The van der Waals surface area contributed by atoms with Crippen LogP contribution in [0.4, 0.5) is 5.69 Å². The Kier molecular flexibility index (Phi) is 5.42. The third kappa shape index (κ3) is 4.28. The Hall–Kier alpha value is -0.940. The number of nitrogens with zero attached hydrogens (tertiary/aromatic N) is 1. The van der Waals surface area contributed by atoms with Gasteiger partial charge in [-0.1, -0.05) is 6.92 Å². The van der Waals surface area contributed by atoms with Gasteiger partial charge in [-0.25, -0.2) is 4.98 Å². The summed E-state index contributed by atoms with van der Waals surface area (Å²) < 4.78 is 5.89. The minimum absolute atomic E-state index is 0.0867. The molecule has 0 unspecified atom stereocenters. The average Bonchev–Trinajstić information content (AvgIpc) is 2.23. The van der Waals surface area contributed by atoms with E-state index in [0.717, 1.165) is 16.7 Å². The molecule has 0 fully saturated rings. The van der Waals surface area contributed by atoms with Gasteiger partial charge in [0.05, 0.1) is 11.4 Å². The van der Waals surface area contributed by atoms with Crippen molar-refractivity contribution in [2.75, 3.05) is 18.5 Å². The van der Waals surface area contributed by atoms with Gasteiger partial charge in [-0.2, -0.15) is 0 Å². The van der Waals surface area contributed by atoms with Crippen molar-refractivity contribution in [1.82, 2.24) is 4.98 Å². The molecule has 0 aromatic carbocycles. The summed E-state index contributed by atoms with van der Waals surface area (Å²) in [4.78, 5) is 15.6. The molecule has 1 aromatic heterocycles. The molecule has 0 bridgehead atoms. The average molecular weight is 287 g/mol. The Labute approximate surface area is 104 Å². The van der Waals surface area contributed by atoms with E-state index in [-0.39, 0.29) is 12.5 Å². The summed E-state index contributed by atoms with van der Waals surface area (Å²) >= 11 is 3.27. The maximum atomic E-state index is 11.4. The number of aromatic nitrogens is 1. The lowest BCUT2D eigenvalue weighted by Crippen LogP contribution is -2.19. The summed E-state index contributed by atoms with van der Waals surface area (Å²) in [5, 5.41) is 2.75. The van der Waals surface area contributed by atoms with Crippen LogP contribution >= 0.6 is 15.9 Å². The Morgan fingerprint density at radius 2 is 2.31 bits per heavy atom. The Bertz CT molecular complexity index is 369. The van der Waals surface area contributed by atoms with Crippen molar-refractivity contribution in [3.05, 3.63) is 22.4 Å². The number of pyridine rings is 1. The monoisotopic (exact) mass is 286 g/mol. The van der Waals surface area contributed by atoms with Crippen LogP contribution in [0.25, 0.3) is 0 Å². The Morgan fingerprint density at radius 3 is 2.94 bits per heavy atom. The van der Waals surface area contributed by atoms with Crippen LogP contribution in [-0.2, 0) is 9.53 Å². The second-order valence-corrected chi connectivity index (χ2v) is 4.18. The molecule has 5 heteroatoms. The summed E-state index contributed by atoms with van der Waals surface area (Å²) in [6.45, 7) is 4.53. The number of hydrogen-bond donors (Lipinski definition) is 1. The molecule has 4 nitrogen and oxygen atoms in total. The van der Waals surface area contributed by atoms with Gasteiger partial charge in [0.2, 0.25) is 5.91 Å². The second kappa shape index (κ2) is 6.60. The van der Waals surface area contributed by atoms with Gasteiger partial charge in [0.15, 0.2) is 0 Å². The molecule has 0 aliphatic heterocycles. The topological polar surface area (TPSA) is 51.2 Å². The SMILES string of the molecule is CCCOCC(=O)Nc1ccc(Br)nc1C. The highest BCUT2D eigenvalue weighted by Gasteiger charge is 2.05. The van der Waals surface area contributed by atoms with Crippen LogP contribution in [0.2, 0.25) is 0 Å². The molecule has 0 atom stereocenters. The highest BCUT2D eigenvalue weighted by Crippen LogP contribution is 2.15. The quantitative estimate of drug-likeness (QED) is 0.668. The van der Waals surface area contributed by atoms with Crippen molar-refractivity contribution in [3.8, 4) is 0 Å². The zero-order valence-electron chi connectivity index (χ0n) is 9.42. The number of amides is 1. The number of aryl methyl sites for hydroxylation is 1. The predicted molar refractivity (Wildman–Crippen MR) is 66.4 cm³/mol. The van der Waals surface area contributed by atoms with Gasteiger partial charge < -0.3 is 10.1 Å². The molecule has 88 valence electrons. The Morgan fingerprint density at radius 1 is 1.56 bits per heavy atom. The highest BCUT2D eigenvalue weighted by molar-refractivity contribution is 9.10. The minimum Gasteiger partial charge on any atom is -0.372 e. The van der Waals surface area contributed by atoms with Gasteiger partial charge in [-0.05, 0) is 41.4 Å². The highest BCUT2D eigenvalue weighted by atomic mass is 79.9. The summed E-state index contributed by atoms with van der Waals surface area (Å²) in [6, 6.07) is 3.60. The molecule has 0 aliphatic carbocycles. The molecule has 16 heavy (non-hydrogen) atoms. The van der Waals surface area contributed by atoms with E-state index in [1.54, 1.807) is 6.07 Å². The first-order chi connectivity index (χ1) is 7.63. The molecule has 1 N–H and O–H groups in total. The van der Waals surface area contributed by atoms with E-state index >= 15 is 0 Å². The van der Waals surface area contributed by atoms with E-state index in [9.17, 15) is 4.79 Å². The molecule has 0 saturated heterocycles. The van der Waals surface area contributed by atoms with Gasteiger partial charge in [0.1, 0.15) is 11.2 Å². The fourth-order valence-corrected chi connectivity index (χ4v) is 1.56. The molecule has 1 heterocycles. The van der Waals surface area contributed by atoms with E-state index in [0.29, 0.717) is 12.3 Å². The summed E-state index contributed by atoms with van der Waals surface area (Å²) in [7, 11) is 0. The summed E-state index contributed by atoms with van der Waals surface area (Å²) in [6.07, 6.45) is 0.909. The van der Waals surface area contributed by atoms with Crippen molar-refractivity contribution in [1.29, 1.82) is 0 Å². The van der Waals surface area contributed by atoms with Gasteiger partial charge in [0.25, 0.3) is 0 Å². The third-order valence-corrected chi connectivity index (χ3v) is 2.35. The van der Waals surface area contributed by atoms with Gasteiger partial charge in [0, 0.05) is 6.61 Å². The first kappa shape index (κ1) is 13.1. The molecule has 0 saturated carbocycles. The van der Waals surface area contributed by atoms with E-state index in [1.165, 1.54) is 0 Å². The predicted octanol–water partition coefficient (Wildman–Crippen LogP) is 2.52. The van der Waals surface area contributed by atoms with Crippen LogP contribution in [0, 0.1) is 6.92 Å². The van der Waals surface area contributed by atoms with Crippen LogP contribution in [0.3, 0.4) is 0 Å². The van der Waals surface area contributed by atoms with Crippen LogP contribution in [0.1, 0.15) is 19.0 Å². The number of rotatable bonds is 5. The van der Waals surface area contributed by atoms with Crippen LogP contribution in [0.5, 0.6) is 0 Å². The van der Waals surface area contributed by atoms with Gasteiger partial charge in [-0.15, -0.1) is 0 Å². The van der Waals surface area contributed by atoms with Gasteiger partial charge >= 0.3 is 0 Å². The fourth-order valence-electron chi connectivity index (χ4n) is 1.16. The van der Waals surface area contributed by atoms with E-state index < -0.39 is 0 Å². The van der Waals surface area contributed by atoms with E-state index in [1.807, 2.05) is 19.9 Å². The zero-order valence-corrected chi connectivity index (χ0v) is 11.0. The van der Waals surface area contributed by atoms with Crippen molar-refractivity contribution >= 4 is 27.5 Å². The number of carbonyl (C=O) groups excluding carboxylic acids is 1. The van der Waals surface area contributed by atoms with Crippen molar-refractivity contribution in [2.24, 2.45) is 0 Å². The third-order valence-electron chi connectivity index (χ3n) is 1.91. The number of hydrogen-bond acceptors (Lipinski definition) is 3. The molecule has 0 aliphatic rings. The minimum atomic E-state index is -0.152. The molecule has 1 rings (SSSR count). The maximum absolute atomic E-state index is 11.4. The largest absolute Gasteiger partial charge is 0.372 e. The lowest BCUT2D eigenvalue weighted by Gasteiger charge is -2.08. The number of carbonyl (C=O) groups is 1. The maximum Gasteiger partial charge on any atom is 0.250 e. The normalized spacial score (nSPS) is 10.2. The van der Waals surface area contributed by atoms with Crippen LogP contribution in [0.15, 0.2) is 16.7 Å². The Balaban J connectivity index is 2.49.